The number of rotatable bonds is 4. The molecule has 2 fully saturated rings. The zero-order chi connectivity index (χ0) is 16.2. The molecule has 124 valence electrons. The zero-order valence-electron chi connectivity index (χ0n) is 13.4. The summed E-state index contributed by atoms with van der Waals surface area (Å²) in [5, 5.41) is 2.97. The lowest BCUT2D eigenvalue weighted by Crippen LogP contribution is -2.54. The summed E-state index contributed by atoms with van der Waals surface area (Å²) in [5.74, 6) is -0.167. The van der Waals surface area contributed by atoms with Crippen LogP contribution in [0, 0.1) is 5.92 Å². The van der Waals surface area contributed by atoms with Crippen LogP contribution in [0.2, 0.25) is 0 Å². The summed E-state index contributed by atoms with van der Waals surface area (Å²) in [4.78, 5) is 30.3. The third kappa shape index (κ3) is 3.69. The molecule has 0 spiro atoms. The van der Waals surface area contributed by atoms with E-state index in [1.807, 2.05) is 23.1 Å². The minimum Gasteiger partial charge on any atom is -0.376 e. The Morgan fingerprint density at radius 3 is 3.04 bits per heavy atom. The SMILES string of the molecule is CC(=O)N1C[C@@H](C(=O)NCCc2ccccn2)C[C@H]2OCC[C@H]21. The summed E-state index contributed by atoms with van der Waals surface area (Å²) in [5.41, 5.74) is 0.959. The quantitative estimate of drug-likeness (QED) is 0.890. The van der Waals surface area contributed by atoms with Crippen LogP contribution >= 0.6 is 0 Å². The van der Waals surface area contributed by atoms with Crippen LogP contribution in [0.25, 0.3) is 0 Å². The molecular weight excluding hydrogens is 294 g/mol. The van der Waals surface area contributed by atoms with Gasteiger partial charge in [-0.3, -0.25) is 14.6 Å². The molecule has 6 nitrogen and oxygen atoms in total. The molecule has 23 heavy (non-hydrogen) atoms. The van der Waals surface area contributed by atoms with Crippen LogP contribution in [0.4, 0.5) is 0 Å². The van der Waals surface area contributed by atoms with Gasteiger partial charge in [-0.05, 0) is 25.0 Å². The third-order valence-electron chi connectivity index (χ3n) is 4.69. The molecule has 2 aliphatic heterocycles. The standard InChI is InChI=1S/C17H23N3O3/c1-12(21)20-11-13(10-16-15(20)6-9-23-16)17(22)19-8-5-14-4-2-3-7-18-14/h2-4,7,13,15-16H,5-6,8-11H2,1H3,(H,19,22)/t13-,15+,16+/m0/s1. The molecule has 0 aliphatic carbocycles. The number of hydrogen-bond acceptors (Lipinski definition) is 4. The highest BCUT2D eigenvalue weighted by molar-refractivity contribution is 5.81. The lowest BCUT2D eigenvalue weighted by molar-refractivity contribution is -0.140. The number of carbonyl (C=O) groups is 2. The Morgan fingerprint density at radius 2 is 2.30 bits per heavy atom. The number of nitrogens with one attached hydrogen (secondary N) is 1. The molecule has 2 aliphatic rings. The van der Waals surface area contributed by atoms with Gasteiger partial charge in [-0.15, -0.1) is 0 Å². The second-order valence-corrected chi connectivity index (χ2v) is 6.23. The highest BCUT2D eigenvalue weighted by Gasteiger charge is 2.43. The van der Waals surface area contributed by atoms with Gasteiger partial charge in [0.15, 0.2) is 0 Å². The van der Waals surface area contributed by atoms with Crippen molar-refractivity contribution in [2.24, 2.45) is 5.92 Å². The first kappa shape index (κ1) is 15.9. The van der Waals surface area contributed by atoms with Gasteiger partial charge in [-0.25, -0.2) is 0 Å². The first-order valence-corrected chi connectivity index (χ1v) is 8.21. The van der Waals surface area contributed by atoms with Crippen LogP contribution in [0.1, 0.15) is 25.5 Å². The molecule has 1 aromatic heterocycles. The largest absolute Gasteiger partial charge is 0.376 e. The fourth-order valence-corrected chi connectivity index (χ4v) is 3.50. The summed E-state index contributed by atoms with van der Waals surface area (Å²) in [6.07, 6.45) is 4.03. The van der Waals surface area contributed by atoms with Gasteiger partial charge in [0.05, 0.1) is 18.1 Å². The van der Waals surface area contributed by atoms with Gasteiger partial charge in [0.2, 0.25) is 11.8 Å². The minimum atomic E-state index is -0.193. The molecule has 0 aromatic carbocycles. The number of fused-ring (bicyclic) bond motifs is 1. The van der Waals surface area contributed by atoms with Crippen molar-refractivity contribution in [3.05, 3.63) is 30.1 Å². The summed E-state index contributed by atoms with van der Waals surface area (Å²) < 4.78 is 5.71. The maximum atomic E-state index is 12.4. The van der Waals surface area contributed by atoms with Gasteiger partial charge in [-0.1, -0.05) is 6.07 Å². The second kappa shape index (κ2) is 7.08. The maximum Gasteiger partial charge on any atom is 0.225 e. The Morgan fingerprint density at radius 1 is 1.43 bits per heavy atom. The fraction of sp³-hybridized carbons (Fsp3) is 0.588. The molecule has 1 aromatic rings. The number of amides is 2. The van der Waals surface area contributed by atoms with Gasteiger partial charge >= 0.3 is 0 Å². The van der Waals surface area contributed by atoms with Gasteiger partial charge < -0.3 is 15.0 Å². The van der Waals surface area contributed by atoms with Crippen LogP contribution in [0.3, 0.4) is 0 Å². The molecule has 0 bridgehead atoms. The van der Waals surface area contributed by atoms with Gasteiger partial charge in [0.1, 0.15) is 0 Å². The van der Waals surface area contributed by atoms with E-state index in [0.29, 0.717) is 32.5 Å². The predicted molar refractivity (Wildman–Crippen MR) is 84.6 cm³/mol. The molecule has 0 unspecified atom stereocenters. The van der Waals surface area contributed by atoms with E-state index >= 15 is 0 Å². The van der Waals surface area contributed by atoms with Crippen molar-refractivity contribution in [1.82, 2.24) is 15.2 Å². The number of piperidine rings is 1. The number of pyridine rings is 1. The zero-order valence-corrected chi connectivity index (χ0v) is 13.4. The molecule has 3 atom stereocenters. The number of aromatic nitrogens is 1. The van der Waals surface area contributed by atoms with Gasteiger partial charge in [-0.2, -0.15) is 0 Å². The average Bonchev–Trinajstić information content (AvgIpc) is 3.03. The Labute approximate surface area is 136 Å². The Hall–Kier alpha value is -1.95. The number of nitrogens with zero attached hydrogens (tertiary/aromatic N) is 2. The van der Waals surface area contributed by atoms with Crippen LogP contribution in [0.5, 0.6) is 0 Å². The molecular formula is C17H23N3O3. The molecule has 1 N–H and O–H groups in total. The Balaban J connectivity index is 1.53. The van der Waals surface area contributed by atoms with Crippen molar-refractivity contribution in [3.63, 3.8) is 0 Å². The van der Waals surface area contributed by atoms with E-state index in [4.69, 9.17) is 4.74 Å². The Kier molecular flexibility index (Phi) is 4.91. The van der Waals surface area contributed by atoms with Crippen LogP contribution in [-0.4, -0.2) is 53.5 Å². The number of hydrogen-bond donors (Lipinski definition) is 1. The molecule has 2 saturated heterocycles. The molecule has 0 radical (unpaired) electrons. The van der Waals surface area contributed by atoms with Crippen molar-refractivity contribution in [2.75, 3.05) is 19.7 Å². The molecule has 0 saturated carbocycles. The van der Waals surface area contributed by atoms with Crippen molar-refractivity contribution >= 4 is 11.8 Å². The third-order valence-corrected chi connectivity index (χ3v) is 4.69. The van der Waals surface area contributed by atoms with Crippen LogP contribution < -0.4 is 5.32 Å². The van der Waals surface area contributed by atoms with E-state index in [9.17, 15) is 9.59 Å². The monoisotopic (exact) mass is 317 g/mol. The van der Waals surface area contributed by atoms with Crippen molar-refractivity contribution in [1.29, 1.82) is 0 Å². The van der Waals surface area contributed by atoms with Gasteiger partial charge in [0, 0.05) is 44.9 Å². The van der Waals surface area contributed by atoms with Crippen molar-refractivity contribution in [2.45, 2.75) is 38.3 Å². The minimum absolute atomic E-state index is 0.000750. The number of ether oxygens (including phenoxy) is 1. The predicted octanol–water partition coefficient (Wildman–Crippen LogP) is 0.766. The maximum absolute atomic E-state index is 12.4. The molecule has 3 heterocycles. The molecule has 2 amide bonds. The number of likely N-dealkylation sites (tertiary alicyclic amines) is 1. The van der Waals surface area contributed by atoms with Crippen LogP contribution in [-0.2, 0) is 20.7 Å². The highest BCUT2D eigenvalue weighted by atomic mass is 16.5. The smallest absolute Gasteiger partial charge is 0.225 e. The summed E-state index contributed by atoms with van der Waals surface area (Å²) >= 11 is 0. The summed E-state index contributed by atoms with van der Waals surface area (Å²) in [6.45, 7) is 3.29. The van der Waals surface area contributed by atoms with E-state index in [1.54, 1.807) is 13.1 Å². The first-order valence-electron chi connectivity index (χ1n) is 8.21. The van der Waals surface area contributed by atoms with E-state index < -0.39 is 0 Å². The fourth-order valence-electron chi connectivity index (χ4n) is 3.50. The van der Waals surface area contributed by atoms with E-state index in [0.717, 1.165) is 12.1 Å². The average molecular weight is 317 g/mol. The van der Waals surface area contributed by atoms with Gasteiger partial charge in [0.25, 0.3) is 0 Å². The number of carbonyl (C=O) groups excluding carboxylic acids is 2. The van der Waals surface area contributed by atoms with E-state index in [-0.39, 0.29) is 29.9 Å². The van der Waals surface area contributed by atoms with E-state index in [2.05, 4.69) is 10.3 Å². The Bertz CT molecular complexity index is 563. The van der Waals surface area contributed by atoms with Crippen LogP contribution in [0.15, 0.2) is 24.4 Å². The lowest BCUT2D eigenvalue weighted by Gasteiger charge is -2.39. The molecule has 3 rings (SSSR count). The lowest BCUT2D eigenvalue weighted by atomic mass is 9.89. The first-order chi connectivity index (χ1) is 11.1. The topological polar surface area (TPSA) is 71.5 Å². The highest BCUT2D eigenvalue weighted by Crippen LogP contribution is 2.31. The normalized spacial score (nSPS) is 26.7. The summed E-state index contributed by atoms with van der Waals surface area (Å²) in [6, 6.07) is 5.90. The van der Waals surface area contributed by atoms with Crippen molar-refractivity contribution in [3.8, 4) is 0 Å². The molecule has 6 heteroatoms. The van der Waals surface area contributed by atoms with E-state index in [1.165, 1.54) is 0 Å². The second-order valence-electron chi connectivity index (χ2n) is 6.23. The van der Waals surface area contributed by atoms with Crippen molar-refractivity contribution < 1.29 is 14.3 Å². The summed E-state index contributed by atoms with van der Waals surface area (Å²) in [7, 11) is 0.